The van der Waals surface area contributed by atoms with Crippen molar-refractivity contribution in [2.75, 3.05) is 6.61 Å². The van der Waals surface area contributed by atoms with Gasteiger partial charge in [0.2, 0.25) is 0 Å². The smallest absolute Gasteiger partial charge is 0.307 e. The Bertz CT molecular complexity index is 171. The Hall–Kier alpha value is -0.610. The van der Waals surface area contributed by atoms with E-state index < -0.39 is 23.4 Å². The predicted molar refractivity (Wildman–Crippen MR) is 48.3 cm³/mol. The lowest BCUT2D eigenvalue weighted by atomic mass is 9.77. The summed E-state index contributed by atoms with van der Waals surface area (Å²) in [5, 5.41) is 26.6. The van der Waals surface area contributed by atoms with Gasteiger partial charge in [0.25, 0.3) is 0 Å². The zero-order valence-electron chi connectivity index (χ0n) is 8.32. The molecule has 0 amide bonds. The second-order valence-electron chi connectivity index (χ2n) is 4.33. The van der Waals surface area contributed by atoms with Gasteiger partial charge in [-0.3, -0.25) is 4.79 Å². The topological polar surface area (TPSA) is 77.8 Å². The zero-order chi connectivity index (χ0) is 10.6. The number of aliphatic carboxylic acids is 1. The van der Waals surface area contributed by atoms with Crippen molar-refractivity contribution in [2.24, 2.45) is 11.3 Å². The van der Waals surface area contributed by atoms with E-state index in [1.807, 2.05) is 0 Å². The zero-order valence-corrected chi connectivity index (χ0v) is 8.32. The lowest BCUT2D eigenvalue weighted by molar-refractivity contribution is -0.147. The van der Waals surface area contributed by atoms with E-state index in [4.69, 9.17) is 15.3 Å². The number of aliphatic hydroxyl groups is 2. The molecule has 0 bridgehead atoms. The van der Waals surface area contributed by atoms with Crippen LogP contribution < -0.4 is 0 Å². The van der Waals surface area contributed by atoms with Crippen molar-refractivity contribution in [3.8, 4) is 0 Å². The van der Waals surface area contributed by atoms with Gasteiger partial charge in [0.15, 0.2) is 0 Å². The molecule has 0 aromatic heterocycles. The lowest BCUT2D eigenvalue weighted by Crippen LogP contribution is -2.32. The van der Waals surface area contributed by atoms with Crippen LogP contribution in [0, 0.1) is 11.3 Å². The highest BCUT2D eigenvalue weighted by Gasteiger charge is 2.32. The fraction of sp³-hybridized carbons (Fsp3) is 0.889. The summed E-state index contributed by atoms with van der Waals surface area (Å²) in [5.74, 6) is -1.56. The maximum atomic E-state index is 10.8. The summed E-state index contributed by atoms with van der Waals surface area (Å²) in [7, 11) is 0. The first kappa shape index (κ1) is 12.4. The van der Waals surface area contributed by atoms with Crippen LogP contribution >= 0.6 is 0 Å². The minimum atomic E-state index is -0.944. The Morgan fingerprint density at radius 1 is 1.38 bits per heavy atom. The van der Waals surface area contributed by atoms with Gasteiger partial charge in [-0.15, -0.1) is 0 Å². The number of carbonyl (C=O) groups is 1. The van der Waals surface area contributed by atoms with Crippen molar-refractivity contribution < 1.29 is 20.1 Å². The molecule has 0 aliphatic carbocycles. The lowest BCUT2D eigenvalue weighted by Gasteiger charge is -2.28. The molecule has 4 heteroatoms. The summed E-state index contributed by atoms with van der Waals surface area (Å²) in [5.41, 5.74) is -0.401. The summed E-state index contributed by atoms with van der Waals surface area (Å²) in [4.78, 5) is 10.8. The number of aliphatic hydroxyl groups excluding tert-OH is 2. The molecule has 0 saturated carbocycles. The van der Waals surface area contributed by atoms with E-state index in [-0.39, 0.29) is 13.0 Å². The van der Waals surface area contributed by atoms with Gasteiger partial charge >= 0.3 is 5.97 Å². The molecule has 2 unspecified atom stereocenters. The Balaban J connectivity index is 4.37. The number of hydrogen-bond acceptors (Lipinski definition) is 3. The van der Waals surface area contributed by atoms with Crippen LogP contribution in [0.15, 0.2) is 0 Å². The second kappa shape index (κ2) is 4.58. The fourth-order valence-corrected chi connectivity index (χ4v) is 1.17. The number of rotatable bonds is 4. The van der Waals surface area contributed by atoms with Crippen LogP contribution in [-0.4, -0.2) is 34.0 Å². The quantitative estimate of drug-likeness (QED) is 0.602. The molecule has 13 heavy (non-hydrogen) atoms. The third-order valence-corrected chi connectivity index (χ3v) is 2.06. The maximum absolute atomic E-state index is 10.8. The number of carboxylic acids is 1. The average Bonchev–Trinajstić information content (AvgIpc) is 1.96. The third kappa shape index (κ3) is 4.24. The van der Waals surface area contributed by atoms with E-state index in [2.05, 4.69) is 0 Å². The summed E-state index contributed by atoms with van der Waals surface area (Å²) < 4.78 is 0. The fourth-order valence-electron chi connectivity index (χ4n) is 1.17. The van der Waals surface area contributed by atoms with E-state index in [0.717, 1.165) is 0 Å². The highest BCUT2D eigenvalue weighted by Crippen LogP contribution is 2.29. The highest BCUT2D eigenvalue weighted by atomic mass is 16.4. The molecule has 0 spiro atoms. The van der Waals surface area contributed by atoms with E-state index in [9.17, 15) is 4.79 Å². The van der Waals surface area contributed by atoms with Crippen molar-refractivity contribution in [2.45, 2.75) is 33.3 Å². The first-order chi connectivity index (χ1) is 5.79. The Labute approximate surface area is 78.2 Å². The molecule has 0 radical (unpaired) electrons. The van der Waals surface area contributed by atoms with E-state index >= 15 is 0 Å². The van der Waals surface area contributed by atoms with Gasteiger partial charge in [-0.1, -0.05) is 20.8 Å². The van der Waals surface area contributed by atoms with Gasteiger partial charge in [-0.2, -0.15) is 0 Å². The maximum Gasteiger partial charge on any atom is 0.307 e. The van der Waals surface area contributed by atoms with Gasteiger partial charge in [0.1, 0.15) is 0 Å². The molecule has 0 rings (SSSR count). The van der Waals surface area contributed by atoms with E-state index in [1.165, 1.54) is 0 Å². The van der Waals surface area contributed by atoms with Gasteiger partial charge < -0.3 is 15.3 Å². The molecule has 0 aromatic carbocycles. The summed E-state index contributed by atoms with van der Waals surface area (Å²) in [6.45, 7) is 5.02. The van der Waals surface area contributed by atoms with E-state index in [0.29, 0.717) is 0 Å². The molecule has 0 saturated heterocycles. The van der Waals surface area contributed by atoms with Crippen molar-refractivity contribution >= 4 is 5.97 Å². The van der Waals surface area contributed by atoms with Crippen LogP contribution in [0.5, 0.6) is 0 Å². The molecule has 2 atom stereocenters. The SMILES string of the molecule is CC(C)(C)C(CC(O)CO)C(=O)O. The van der Waals surface area contributed by atoms with E-state index in [1.54, 1.807) is 20.8 Å². The number of hydrogen-bond donors (Lipinski definition) is 3. The monoisotopic (exact) mass is 190 g/mol. The molecule has 0 aliphatic heterocycles. The van der Waals surface area contributed by atoms with Gasteiger partial charge in [0.05, 0.1) is 18.6 Å². The minimum absolute atomic E-state index is 0.0926. The molecular formula is C9H18O4. The van der Waals surface area contributed by atoms with Gasteiger partial charge in [0, 0.05) is 0 Å². The van der Waals surface area contributed by atoms with Crippen molar-refractivity contribution in [1.82, 2.24) is 0 Å². The molecule has 4 nitrogen and oxygen atoms in total. The normalized spacial score (nSPS) is 16.7. The third-order valence-electron chi connectivity index (χ3n) is 2.06. The summed E-state index contributed by atoms with van der Waals surface area (Å²) >= 11 is 0. The van der Waals surface area contributed by atoms with Crippen molar-refractivity contribution in [3.63, 3.8) is 0 Å². The molecule has 3 N–H and O–H groups in total. The molecular weight excluding hydrogens is 172 g/mol. The van der Waals surface area contributed by atoms with Gasteiger partial charge in [-0.25, -0.2) is 0 Å². The Kier molecular flexibility index (Phi) is 4.36. The van der Waals surface area contributed by atoms with Crippen LogP contribution in [-0.2, 0) is 4.79 Å². The Morgan fingerprint density at radius 3 is 2.08 bits per heavy atom. The molecule has 0 heterocycles. The van der Waals surface area contributed by atoms with Crippen LogP contribution in [0.4, 0.5) is 0 Å². The largest absolute Gasteiger partial charge is 0.481 e. The minimum Gasteiger partial charge on any atom is -0.481 e. The van der Waals surface area contributed by atoms with Crippen molar-refractivity contribution in [3.05, 3.63) is 0 Å². The summed E-state index contributed by atoms with van der Waals surface area (Å²) in [6, 6.07) is 0. The molecule has 0 fully saturated rings. The molecule has 0 aliphatic rings. The average molecular weight is 190 g/mol. The van der Waals surface area contributed by atoms with Crippen molar-refractivity contribution in [1.29, 1.82) is 0 Å². The first-order valence-corrected chi connectivity index (χ1v) is 4.30. The van der Waals surface area contributed by atoms with Crippen LogP contribution in [0.25, 0.3) is 0 Å². The standard InChI is InChI=1S/C9H18O4/c1-9(2,3)7(8(12)13)4-6(11)5-10/h6-7,10-11H,4-5H2,1-3H3,(H,12,13). The molecule has 0 aromatic rings. The predicted octanol–water partition coefficient (Wildman–Crippen LogP) is 0.477. The Morgan fingerprint density at radius 2 is 1.85 bits per heavy atom. The van der Waals surface area contributed by atoms with Crippen LogP contribution in [0.2, 0.25) is 0 Å². The molecule has 78 valence electrons. The first-order valence-electron chi connectivity index (χ1n) is 4.30. The van der Waals surface area contributed by atoms with Crippen LogP contribution in [0.1, 0.15) is 27.2 Å². The van der Waals surface area contributed by atoms with Crippen LogP contribution in [0.3, 0.4) is 0 Å². The second-order valence-corrected chi connectivity index (χ2v) is 4.33. The summed E-state index contributed by atoms with van der Waals surface area (Å²) in [6.07, 6.45) is -0.852. The highest BCUT2D eigenvalue weighted by molar-refractivity contribution is 5.70. The number of carboxylic acid groups (broad SMARTS) is 1. The van der Waals surface area contributed by atoms with Gasteiger partial charge in [-0.05, 0) is 11.8 Å².